The van der Waals surface area contributed by atoms with Crippen molar-refractivity contribution in [2.24, 2.45) is 0 Å². The van der Waals surface area contributed by atoms with Gasteiger partial charge in [-0.2, -0.15) is 0 Å². The van der Waals surface area contributed by atoms with Crippen molar-refractivity contribution in [3.05, 3.63) is 60.2 Å². The molecule has 20 heavy (non-hydrogen) atoms. The largest absolute Gasteiger partial charge is 0.481 e. The zero-order chi connectivity index (χ0) is 14.4. The summed E-state index contributed by atoms with van der Waals surface area (Å²) >= 11 is 0. The third-order valence-corrected chi connectivity index (χ3v) is 2.55. The van der Waals surface area contributed by atoms with Crippen molar-refractivity contribution in [1.29, 1.82) is 0 Å². The van der Waals surface area contributed by atoms with Crippen LogP contribution in [0.1, 0.15) is 5.56 Å². The van der Waals surface area contributed by atoms with Crippen LogP contribution in [0.5, 0.6) is 5.75 Å². The topological polar surface area (TPSA) is 75.6 Å². The van der Waals surface area contributed by atoms with Crippen molar-refractivity contribution < 1.29 is 19.4 Å². The normalized spacial score (nSPS) is 9.80. The Labute approximate surface area is 115 Å². The first-order chi connectivity index (χ1) is 9.65. The molecule has 0 aromatic heterocycles. The van der Waals surface area contributed by atoms with Crippen LogP contribution >= 0.6 is 0 Å². The molecule has 0 radical (unpaired) electrons. The maximum Gasteiger partial charge on any atom is 0.417 e. The first-order valence-electron chi connectivity index (χ1n) is 5.99. The molecule has 0 aliphatic heterocycles. The average molecular weight is 271 g/mol. The molecule has 0 unspecified atom stereocenters. The summed E-state index contributed by atoms with van der Waals surface area (Å²) < 4.78 is 5.08. The van der Waals surface area contributed by atoms with Gasteiger partial charge < -0.3 is 9.84 Å². The maximum absolute atomic E-state index is 11.7. The van der Waals surface area contributed by atoms with E-state index < -0.39 is 12.1 Å². The zero-order valence-corrected chi connectivity index (χ0v) is 10.6. The molecule has 2 rings (SSSR count). The number of amides is 1. The van der Waals surface area contributed by atoms with Gasteiger partial charge in [0.15, 0.2) is 0 Å². The van der Waals surface area contributed by atoms with E-state index in [-0.39, 0.29) is 6.42 Å². The van der Waals surface area contributed by atoms with Gasteiger partial charge in [0, 0.05) is 5.69 Å². The molecule has 0 saturated carbocycles. The number of rotatable bonds is 4. The number of hydrogen-bond donors (Lipinski definition) is 2. The average Bonchev–Trinajstić information content (AvgIpc) is 2.41. The molecule has 1 amide bonds. The van der Waals surface area contributed by atoms with E-state index in [9.17, 15) is 9.59 Å². The van der Waals surface area contributed by atoms with Gasteiger partial charge in [0.1, 0.15) is 5.75 Å². The molecule has 5 nitrogen and oxygen atoms in total. The molecule has 0 atom stereocenters. The molecule has 0 fully saturated rings. The lowest BCUT2D eigenvalue weighted by molar-refractivity contribution is -0.136. The highest BCUT2D eigenvalue weighted by Gasteiger charge is 2.10. The molecule has 0 spiro atoms. The van der Waals surface area contributed by atoms with Crippen molar-refractivity contribution in [1.82, 2.24) is 0 Å². The van der Waals surface area contributed by atoms with Crippen LogP contribution in [0.15, 0.2) is 54.6 Å². The number of carboxylic acid groups (broad SMARTS) is 1. The Morgan fingerprint density at radius 2 is 1.65 bits per heavy atom. The smallest absolute Gasteiger partial charge is 0.417 e. The van der Waals surface area contributed by atoms with Gasteiger partial charge in [0.2, 0.25) is 0 Å². The summed E-state index contributed by atoms with van der Waals surface area (Å²) in [6.45, 7) is 0. The van der Waals surface area contributed by atoms with Crippen LogP contribution < -0.4 is 10.1 Å². The second kappa shape index (κ2) is 6.38. The number of hydrogen-bond acceptors (Lipinski definition) is 3. The van der Waals surface area contributed by atoms with Gasteiger partial charge in [0.05, 0.1) is 6.42 Å². The summed E-state index contributed by atoms with van der Waals surface area (Å²) in [7, 11) is 0. The number of benzene rings is 2. The van der Waals surface area contributed by atoms with Crippen LogP contribution in [0.2, 0.25) is 0 Å². The Morgan fingerprint density at radius 1 is 1.00 bits per heavy atom. The summed E-state index contributed by atoms with van der Waals surface area (Å²) in [6, 6.07) is 15.3. The van der Waals surface area contributed by atoms with E-state index in [0.717, 1.165) is 0 Å². The Morgan fingerprint density at radius 3 is 2.35 bits per heavy atom. The predicted molar refractivity (Wildman–Crippen MR) is 73.9 cm³/mol. The molecular formula is C15H13NO4. The second-order valence-electron chi connectivity index (χ2n) is 4.06. The first-order valence-corrected chi connectivity index (χ1v) is 5.99. The quantitative estimate of drug-likeness (QED) is 0.896. The maximum atomic E-state index is 11.7. The summed E-state index contributed by atoms with van der Waals surface area (Å²) in [5.41, 5.74) is 0.945. The van der Waals surface area contributed by atoms with Gasteiger partial charge in [-0.3, -0.25) is 10.1 Å². The van der Waals surface area contributed by atoms with Crippen LogP contribution in [0.4, 0.5) is 10.5 Å². The number of ether oxygens (including phenoxy) is 1. The fourth-order valence-electron chi connectivity index (χ4n) is 1.69. The molecule has 2 aromatic carbocycles. The molecule has 0 bridgehead atoms. The monoisotopic (exact) mass is 271 g/mol. The number of carbonyl (C=O) groups excluding carboxylic acids is 1. The van der Waals surface area contributed by atoms with E-state index in [1.807, 2.05) is 6.07 Å². The fourth-order valence-corrected chi connectivity index (χ4v) is 1.69. The first kappa shape index (κ1) is 13.6. The van der Waals surface area contributed by atoms with E-state index in [4.69, 9.17) is 9.84 Å². The minimum absolute atomic E-state index is 0.165. The minimum atomic E-state index is -0.962. The standard InChI is InChI=1S/C15H13NO4/c17-14(18)10-11-6-4-5-9-13(11)16-15(19)20-12-7-2-1-3-8-12/h1-9H,10H2,(H,16,19)(H,17,18). The lowest BCUT2D eigenvalue weighted by Gasteiger charge is -2.10. The molecule has 0 aliphatic carbocycles. The highest BCUT2D eigenvalue weighted by atomic mass is 16.6. The number of nitrogens with one attached hydrogen (secondary N) is 1. The Balaban J connectivity index is 2.06. The van der Waals surface area contributed by atoms with Crippen molar-refractivity contribution in [2.75, 3.05) is 5.32 Å². The van der Waals surface area contributed by atoms with Crippen LogP contribution in [-0.4, -0.2) is 17.2 Å². The molecule has 102 valence electrons. The molecule has 2 N–H and O–H groups in total. The number of anilines is 1. The highest BCUT2D eigenvalue weighted by molar-refractivity contribution is 5.88. The summed E-state index contributed by atoms with van der Waals surface area (Å²) in [6.07, 6.45) is -0.823. The minimum Gasteiger partial charge on any atom is -0.481 e. The summed E-state index contributed by atoms with van der Waals surface area (Å²) in [5, 5.41) is 11.4. The highest BCUT2D eigenvalue weighted by Crippen LogP contribution is 2.17. The van der Waals surface area contributed by atoms with Gasteiger partial charge in [-0.15, -0.1) is 0 Å². The molecule has 2 aromatic rings. The SMILES string of the molecule is O=C(O)Cc1ccccc1NC(=O)Oc1ccccc1. The Hall–Kier alpha value is -2.82. The van der Waals surface area contributed by atoms with Crippen molar-refractivity contribution in [2.45, 2.75) is 6.42 Å². The lowest BCUT2D eigenvalue weighted by Crippen LogP contribution is -2.18. The second-order valence-corrected chi connectivity index (χ2v) is 4.06. The van der Waals surface area contributed by atoms with E-state index >= 15 is 0 Å². The van der Waals surface area contributed by atoms with E-state index in [0.29, 0.717) is 17.0 Å². The van der Waals surface area contributed by atoms with E-state index in [1.165, 1.54) is 0 Å². The molecular weight excluding hydrogens is 258 g/mol. The van der Waals surface area contributed by atoms with Gasteiger partial charge in [-0.1, -0.05) is 36.4 Å². The van der Waals surface area contributed by atoms with E-state index in [2.05, 4.69) is 5.32 Å². The molecule has 0 aliphatic rings. The third-order valence-electron chi connectivity index (χ3n) is 2.55. The van der Waals surface area contributed by atoms with Crippen molar-refractivity contribution in [3.8, 4) is 5.75 Å². The van der Waals surface area contributed by atoms with Crippen molar-refractivity contribution in [3.63, 3.8) is 0 Å². The van der Waals surface area contributed by atoms with E-state index in [1.54, 1.807) is 48.5 Å². The van der Waals surface area contributed by atoms with Gasteiger partial charge >= 0.3 is 12.1 Å². The Kier molecular flexibility index (Phi) is 4.34. The van der Waals surface area contributed by atoms with Crippen LogP contribution in [0.25, 0.3) is 0 Å². The molecule has 5 heteroatoms. The van der Waals surface area contributed by atoms with Crippen molar-refractivity contribution >= 4 is 17.7 Å². The zero-order valence-electron chi connectivity index (χ0n) is 10.6. The third kappa shape index (κ3) is 3.84. The number of carboxylic acids is 1. The lowest BCUT2D eigenvalue weighted by atomic mass is 10.1. The summed E-state index contributed by atoms with van der Waals surface area (Å²) in [5.74, 6) is -0.545. The van der Waals surface area contributed by atoms with Gasteiger partial charge in [-0.25, -0.2) is 4.79 Å². The Bertz CT molecular complexity index is 610. The predicted octanol–water partition coefficient (Wildman–Crippen LogP) is 2.92. The summed E-state index contributed by atoms with van der Waals surface area (Å²) in [4.78, 5) is 22.5. The molecule has 0 heterocycles. The van der Waals surface area contributed by atoms with Crippen LogP contribution in [0, 0.1) is 0 Å². The van der Waals surface area contributed by atoms with Gasteiger partial charge in [0.25, 0.3) is 0 Å². The molecule has 0 saturated heterocycles. The van der Waals surface area contributed by atoms with Crippen LogP contribution in [0.3, 0.4) is 0 Å². The number of carbonyl (C=O) groups is 2. The van der Waals surface area contributed by atoms with Gasteiger partial charge in [-0.05, 0) is 23.8 Å². The van der Waals surface area contributed by atoms with Crippen LogP contribution in [-0.2, 0) is 11.2 Å². The number of aliphatic carboxylic acids is 1. The number of para-hydroxylation sites is 2. The fraction of sp³-hybridized carbons (Fsp3) is 0.0667.